The van der Waals surface area contributed by atoms with E-state index in [1.54, 1.807) is 7.11 Å². The smallest absolute Gasteiger partial charge is 0.193 e. The van der Waals surface area contributed by atoms with Crippen LogP contribution in [-0.4, -0.2) is 64.0 Å². The molecule has 0 radical (unpaired) electrons. The van der Waals surface area contributed by atoms with E-state index in [9.17, 15) is 0 Å². The first-order chi connectivity index (χ1) is 12.3. The number of likely N-dealkylation sites (tertiary alicyclic amines) is 1. The molecule has 1 atom stereocenters. The van der Waals surface area contributed by atoms with Gasteiger partial charge in [-0.3, -0.25) is 4.99 Å². The van der Waals surface area contributed by atoms with Crippen LogP contribution in [-0.2, 0) is 9.47 Å². The van der Waals surface area contributed by atoms with Crippen molar-refractivity contribution in [1.29, 1.82) is 0 Å². The fraction of sp³-hybridized carbons (Fsp3) is 0.950. The first kappa shape index (κ1) is 20.5. The van der Waals surface area contributed by atoms with Crippen molar-refractivity contribution in [2.75, 3.05) is 53.1 Å². The van der Waals surface area contributed by atoms with Gasteiger partial charge in [-0.25, -0.2) is 0 Å². The fourth-order valence-corrected chi connectivity index (χ4v) is 4.02. The summed E-state index contributed by atoms with van der Waals surface area (Å²) in [7, 11) is 1.72. The van der Waals surface area contributed by atoms with Gasteiger partial charge >= 0.3 is 0 Å². The zero-order valence-electron chi connectivity index (χ0n) is 16.5. The maximum absolute atomic E-state index is 5.70. The average Bonchev–Trinajstić information content (AvgIpc) is 3.11. The van der Waals surface area contributed by atoms with Crippen molar-refractivity contribution in [1.82, 2.24) is 10.2 Å². The standard InChI is InChI=1S/C20H39N3O2/c1-3-21-20(22-12-7-10-18-8-5-4-6-9-18)23-13-11-19(16-23)17-25-15-14-24-2/h18-19H,3-17H2,1-2H3,(H,21,22). The van der Waals surface area contributed by atoms with E-state index in [2.05, 4.69) is 17.1 Å². The van der Waals surface area contributed by atoms with Gasteiger partial charge in [-0.1, -0.05) is 32.1 Å². The van der Waals surface area contributed by atoms with Gasteiger partial charge in [-0.15, -0.1) is 0 Å². The molecule has 0 spiro atoms. The van der Waals surface area contributed by atoms with E-state index >= 15 is 0 Å². The Bertz CT molecular complexity index is 370. The number of ether oxygens (including phenoxy) is 2. The number of guanidine groups is 1. The Kier molecular flexibility index (Phi) is 10.3. The number of rotatable bonds is 10. The number of methoxy groups -OCH3 is 1. The minimum Gasteiger partial charge on any atom is -0.382 e. The van der Waals surface area contributed by atoms with Gasteiger partial charge in [0.1, 0.15) is 0 Å². The topological polar surface area (TPSA) is 46.1 Å². The molecule has 1 N–H and O–H groups in total. The molecule has 0 bridgehead atoms. The molecule has 0 aromatic heterocycles. The van der Waals surface area contributed by atoms with Crippen LogP contribution in [0.1, 0.15) is 58.3 Å². The Morgan fingerprint density at radius 2 is 1.96 bits per heavy atom. The van der Waals surface area contributed by atoms with E-state index < -0.39 is 0 Å². The maximum Gasteiger partial charge on any atom is 0.193 e. The van der Waals surface area contributed by atoms with E-state index in [0.717, 1.165) is 44.7 Å². The van der Waals surface area contributed by atoms with Gasteiger partial charge in [-0.05, 0) is 32.1 Å². The van der Waals surface area contributed by atoms with Crippen molar-refractivity contribution in [3.8, 4) is 0 Å². The zero-order valence-corrected chi connectivity index (χ0v) is 16.5. The fourth-order valence-electron chi connectivity index (χ4n) is 4.02. The highest BCUT2D eigenvalue weighted by Crippen LogP contribution is 2.27. The Morgan fingerprint density at radius 3 is 2.72 bits per heavy atom. The molecule has 2 fully saturated rings. The summed E-state index contributed by atoms with van der Waals surface area (Å²) in [6, 6.07) is 0. The lowest BCUT2D eigenvalue weighted by Gasteiger charge is -2.23. The lowest BCUT2D eigenvalue weighted by molar-refractivity contribution is 0.0536. The maximum atomic E-state index is 5.70. The highest BCUT2D eigenvalue weighted by molar-refractivity contribution is 5.80. The van der Waals surface area contributed by atoms with E-state index in [1.807, 2.05) is 0 Å². The minimum absolute atomic E-state index is 0.614. The first-order valence-electron chi connectivity index (χ1n) is 10.4. The Labute approximate surface area is 154 Å². The number of nitrogens with one attached hydrogen (secondary N) is 1. The number of hydrogen-bond acceptors (Lipinski definition) is 3. The van der Waals surface area contributed by atoms with Crippen LogP contribution in [0.25, 0.3) is 0 Å². The molecule has 0 aromatic carbocycles. The van der Waals surface area contributed by atoms with Gasteiger partial charge in [0.15, 0.2) is 5.96 Å². The zero-order chi connectivity index (χ0) is 17.7. The van der Waals surface area contributed by atoms with Gasteiger partial charge in [0.25, 0.3) is 0 Å². The van der Waals surface area contributed by atoms with Gasteiger partial charge in [0, 0.05) is 39.2 Å². The van der Waals surface area contributed by atoms with Crippen LogP contribution < -0.4 is 5.32 Å². The second-order valence-corrected chi connectivity index (χ2v) is 7.55. The van der Waals surface area contributed by atoms with Crippen molar-refractivity contribution in [2.45, 2.75) is 58.3 Å². The van der Waals surface area contributed by atoms with E-state index in [4.69, 9.17) is 14.5 Å². The summed E-state index contributed by atoms with van der Waals surface area (Å²) in [6.07, 6.45) is 11.0. The molecule has 0 aromatic rings. The third-order valence-corrected chi connectivity index (χ3v) is 5.46. The Balaban J connectivity index is 1.67. The molecule has 5 nitrogen and oxygen atoms in total. The van der Waals surface area contributed by atoms with Crippen molar-refractivity contribution in [3.05, 3.63) is 0 Å². The van der Waals surface area contributed by atoms with Crippen LogP contribution in [0.4, 0.5) is 0 Å². The lowest BCUT2D eigenvalue weighted by atomic mass is 9.86. The SMILES string of the molecule is CCNC(=NCCCC1CCCCC1)N1CCC(COCCOC)C1. The predicted molar refractivity (Wildman–Crippen MR) is 104 cm³/mol. The van der Waals surface area contributed by atoms with Crippen molar-refractivity contribution in [2.24, 2.45) is 16.8 Å². The molecule has 2 aliphatic rings. The second-order valence-electron chi connectivity index (χ2n) is 7.55. The third kappa shape index (κ3) is 7.95. The Morgan fingerprint density at radius 1 is 1.12 bits per heavy atom. The first-order valence-corrected chi connectivity index (χ1v) is 10.4. The molecule has 1 saturated heterocycles. The predicted octanol–water partition coefficient (Wildman–Crippen LogP) is 3.30. The molecule has 2 rings (SSSR count). The molecular formula is C20H39N3O2. The Hall–Kier alpha value is -0.810. The van der Waals surface area contributed by atoms with Gasteiger partial charge in [-0.2, -0.15) is 0 Å². The summed E-state index contributed by atoms with van der Waals surface area (Å²) in [6.45, 7) is 8.41. The van der Waals surface area contributed by atoms with Gasteiger partial charge < -0.3 is 19.7 Å². The lowest BCUT2D eigenvalue weighted by Crippen LogP contribution is -2.40. The van der Waals surface area contributed by atoms with Crippen molar-refractivity contribution >= 4 is 5.96 Å². The van der Waals surface area contributed by atoms with Crippen LogP contribution in [0.5, 0.6) is 0 Å². The average molecular weight is 354 g/mol. The summed E-state index contributed by atoms with van der Waals surface area (Å²) in [5.41, 5.74) is 0. The van der Waals surface area contributed by atoms with E-state index in [0.29, 0.717) is 19.1 Å². The van der Waals surface area contributed by atoms with Crippen LogP contribution >= 0.6 is 0 Å². The van der Waals surface area contributed by atoms with Crippen LogP contribution in [0.15, 0.2) is 4.99 Å². The van der Waals surface area contributed by atoms with Gasteiger partial charge in [0.05, 0.1) is 19.8 Å². The second kappa shape index (κ2) is 12.5. The van der Waals surface area contributed by atoms with Crippen molar-refractivity contribution < 1.29 is 9.47 Å². The molecule has 0 amide bonds. The minimum atomic E-state index is 0.614. The highest BCUT2D eigenvalue weighted by Gasteiger charge is 2.24. The van der Waals surface area contributed by atoms with Crippen LogP contribution in [0.3, 0.4) is 0 Å². The summed E-state index contributed by atoms with van der Waals surface area (Å²) >= 11 is 0. The number of nitrogens with zero attached hydrogens (tertiary/aromatic N) is 2. The molecule has 1 unspecified atom stereocenters. The number of aliphatic imine (C=N–C) groups is 1. The van der Waals surface area contributed by atoms with Crippen LogP contribution in [0.2, 0.25) is 0 Å². The molecule has 1 saturated carbocycles. The summed E-state index contributed by atoms with van der Waals surface area (Å²) in [4.78, 5) is 7.31. The van der Waals surface area contributed by atoms with E-state index in [1.165, 1.54) is 51.4 Å². The quantitative estimate of drug-likeness (QED) is 0.372. The molecule has 1 aliphatic carbocycles. The third-order valence-electron chi connectivity index (χ3n) is 5.46. The normalized spacial score (nSPS) is 22.6. The molecular weight excluding hydrogens is 314 g/mol. The van der Waals surface area contributed by atoms with Crippen molar-refractivity contribution in [3.63, 3.8) is 0 Å². The summed E-state index contributed by atoms with van der Waals surface area (Å²) < 4.78 is 10.7. The highest BCUT2D eigenvalue weighted by atomic mass is 16.5. The molecule has 1 aliphatic heterocycles. The largest absolute Gasteiger partial charge is 0.382 e. The van der Waals surface area contributed by atoms with Crippen LogP contribution in [0, 0.1) is 11.8 Å². The number of hydrogen-bond donors (Lipinski definition) is 1. The molecule has 146 valence electrons. The molecule has 1 heterocycles. The molecule has 25 heavy (non-hydrogen) atoms. The summed E-state index contributed by atoms with van der Waals surface area (Å²) in [5.74, 6) is 2.68. The van der Waals surface area contributed by atoms with Gasteiger partial charge in [0.2, 0.25) is 0 Å². The van der Waals surface area contributed by atoms with E-state index in [-0.39, 0.29) is 0 Å². The molecule has 5 heteroatoms. The summed E-state index contributed by atoms with van der Waals surface area (Å²) in [5, 5.41) is 3.48. The monoisotopic (exact) mass is 353 g/mol.